The van der Waals surface area contributed by atoms with Gasteiger partial charge in [-0.25, -0.2) is 4.90 Å². The third kappa shape index (κ3) is 2.98. The normalized spacial score (nSPS) is 31.1. The van der Waals surface area contributed by atoms with Crippen LogP contribution in [0.15, 0.2) is 4.34 Å². The first-order valence-electron chi connectivity index (χ1n) is 6.45. The Labute approximate surface area is 126 Å². The maximum absolute atomic E-state index is 12.9. The van der Waals surface area contributed by atoms with Crippen LogP contribution in [0.5, 0.6) is 0 Å². The number of aliphatic hydroxyl groups excluding tert-OH is 1. The van der Waals surface area contributed by atoms with Crippen molar-refractivity contribution in [1.82, 2.24) is 19.7 Å². The van der Waals surface area contributed by atoms with Crippen LogP contribution in [0.1, 0.15) is 13.3 Å². The number of likely N-dealkylation sites (N-methyl/N-ethyl adjacent to an activating group) is 1. The molecule has 1 aromatic heterocycles. The number of hydroxylamine groups is 2. The first-order chi connectivity index (χ1) is 9.52. The minimum Gasteiger partial charge on any atom is -0.623 e. The third-order valence-electron chi connectivity index (χ3n) is 3.26. The van der Waals surface area contributed by atoms with Crippen molar-refractivity contribution in [2.75, 3.05) is 33.2 Å². The van der Waals surface area contributed by atoms with E-state index in [0.29, 0.717) is 11.7 Å². The maximum Gasteiger partial charge on any atom is 0.310 e. The van der Waals surface area contributed by atoms with Crippen LogP contribution in [0, 0.1) is 5.21 Å². The van der Waals surface area contributed by atoms with Gasteiger partial charge in [0, 0.05) is 12.9 Å². The van der Waals surface area contributed by atoms with Crippen molar-refractivity contribution in [3.63, 3.8) is 0 Å². The number of rotatable bonds is 6. The lowest BCUT2D eigenvalue weighted by atomic mass is 10.3. The highest BCUT2D eigenvalue weighted by Crippen LogP contribution is 2.37. The summed E-state index contributed by atoms with van der Waals surface area (Å²) in [6.07, 6.45) is -0.0602. The Kier molecular flexibility index (Phi) is 5.35. The van der Waals surface area contributed by atoms with Gasteiger partial charge in [0.05, 0.1) is 6.61 Å². The summed E-state index contributed by atoms with van der Waals surface area (Å²) in [5.74, 6) is 0.947. The van der Waals surface area contributed by atoms with Crippen LogP contribution in [0.3, 0.4) is 0 Å². The molecule has 1 aliphatic heterocycles. The van der Waals surface area contributed by atoms with E-state index in [9.17, 15) is 10.3 Å². The van der Waals surface area contributed by atoms with Gasteiger partial charge in [0.15, 0.2) is 4.34 Å². The van der Waals surface area contributed by atoms with Gasteiger partial charge in [-0.15, -0.1) is 5.10 Å². The Hall–Kier alpha value is -0.290. The summed E-state index contributed by atoms with van der Waals surface area (Å²) < 4.78 is 4.98. The van der Waals surface area contributed by atoms with Gasteiger partial charge in [0.2, 0.25) is 6.23 Å². The van der Waals surface area contributed by atoms with E-state index in [4.69, 9.17) is 4.74 Å². The van der Waals surface area contributed by atoms with Gasteiger partial charge in [-0.1, -0.05) is 23.8 Å². The number of nitrogens with zero attached hydrogens (tertiary/aromatic N) is 4. The van der Waals surface area contributed by atoms with Crippen LogP contribution in [0.2, 0.25) is 0 Å². The number of hydrogen-bond donors (Lipinski definition) is 1. The van der Waals surface area contributed by atoms with E-state index >= 15 is 0 Å². The fraction of sp³-hybridized carbons (Fsp3) is 0.818. The summed E-state index contributed by atoms with van der Waals surface area (Å²) in [6.45, 7) is 2.56. The first-order valence-corrected chi connectivity index (χ1v) is 8.26. The molecule has 3 unspecified atom stereocenters. The maximum atomic E-state index is 12.9. The average molecular weight is 320 g/mol. The van der Waals surface area contributed by atoms with Crippen molar-refractivity contribution < 1.29 is 9.84 Å². The minimum atomic E-state index is -1.10. The largest absolute Gasteiger partial charge is 0.623 e. The molecule has 3 atom stereocenters. The zero-order valence-electron chi connectivity index (χ0n) is 11.9. The van der Waals surface area contributed by atoms with E-state index < -0.39 is 10.9 Å². The zero-order valence-corrected chi connectivity index (χ0v) is 13.5. The third-order valence-corrected chi connectivity index (χ3v) is 5.63. The average Bonchev–Trinajstić information content (AvgIpc) is 2.97. The highest BCUT2D eigenvalue weighted by molar-refractivity contribution is 8.01. The molecule has 20 heavy (non-hydrogen) atoms. The van der Waals surface area contributed by atoms with E-state index in [1.165, 1.54) is 11.3 Å². The Bertz CT molecular complexity index is 447. The molecule has 2 heterocycles. The minimum absolute atomic E-state index is 0.155. The number of ether oxygens (including phenoxy) is 1. The molecule has 0 radical (unpaired) electrons. The molecule has 0 aromatic carbocycles. The fourth-order valence-corrected chi connectivity index (χ4v) is 4.01. The predicted octanol–water partition coefficient (Wildman–Crippen LogP) is 1.08. The molecular weight excluding hydrogens is 300 g/mol. The summed E-state index contributed by atoms with van der Waals surface area (Å²) in [4.78, 5) is 1.81. The van der Waals surface area contributed by atoms with E-state index in [1.54, 1.807) is 30.8 Å². The lowest BCUT2D eigenvalue weighted by Gasteiger charge is -2.37. The number of hydrogen-bond acceptors (Lipinski definition) is 8. The van der Waals surface area contributed by atoms with Crippen LogP contribution < -0.4 is 4.65 Å². The monoisotopic (exact) mass is 320 g/mol. The summed E-state index contributed by atoms with van der Waals surface area (Å²) >= 11 is 2.86. The molecule has 0 saturated carbocycles. The number of quaternary nitrogens is 1. The second kappa shape index (κ2) is 6.65. The molecule has 1 saturated heterocycles. The van der Waals surface area contributed by atoms with Gasteiger partial charge in [0.1, 0.15) is 12.7 Å². The molecule has 2 rings (SSSR count). The molecule has 0 bridgehead atoms. The van der Waals surface area contributed by atoms with Crippen LogP contribution in [-0.4, -0.2) is 65.7 Å². The molecule has 1 aromatic rings. The van der Waals surface area contributed by atoms with Crippen LogP contribution in [-0.2, 0) is 4.74 Å². The van der Waals surface area contributed by atoms with Gasteiger partial charge in [0.25, 0.3) is 0 Å². The van der Waals surface area contributed by atoms with E-state index in [0.717, 1.165) is 16.5 Å². The number of thioether (sulfide) groups is 1. The smallest absolute Gasteiger partial charge is 0.310 e. The van der Waals surface area contributed by atoms with Gasteiger partial charge in [-0.3, -0.25) is 4.65 Å². The summed E-state index contributed by atoms with van der Waals surface area (Å²) in [6, 6.07) is -0.326. The lowest BCUT2D eigenvalue weighted by Crippen LogP contribution is -2.51. The summed E-state index contributed by atoms with van der Waals surface area (Å²) in [5.41, 5.74) is 0. The van der Waals surface area contributed by atoms with Crippen molar-refractivity contribution in [1.29, 1.82) is 0 Å². The molecule has 1 N–H and O–H groups in total. The van der Waals surface area contributed by atoms with Crippen LogP contribution in [0.25, 0.3) is 0 Å². The van der Waals surface area contributed by atoms with Crippen molar-refractivity contribution in [2.24, 2.45) is 0 Å². The van der Waals surface area contributed by atoms with Crippen LogP contribution >= 0.6 is 23.1 Å². The number of aliphatic hydroxyl groups is 1. The molecule has 0 spiro atoms. The first kappa shape index (κ1) is 16.1. The summed E-state index contributed by atoms with van der Waals surface area (Å²) in [5, 5.41) is 31.5. The Balaban J connectivity index is 2.16. The molecule has 1 aliphatic rings. The second-order valence-corrected chi connectivity index (χ2v) is 7.13. The molecule has 0 amide bonds. The number of aromatic nitrogens is 2. The lowest BCUT2D eigenvalue weighted by molar-refractivity contribution is 0.0228. The van der Waals surface area contributed by atoms with Crippen LogP contribution in [0.4, 0.5) is 5.13 Å². The Morgan fingerprint density at radius 1 is 1.60 bits per heavy atom. The Morgan fingerprint density at radius 2 is 2.35 bits per heavy atom. The van der Waals surface area contributed by atoms with E-state index in [2.05, 4.69) is 17.1 Å². The van der Waals surface area contributed by atoms with Crippen molar-refractivity contribution in [3.05, 3.63) is 5.21 Å². The molecule has 0 aliphatic carbocycles. The van der Waals surface area contributed by atoms with Gasteiger partial charge < -0.3 is 15.1 Å². The van der Waals surface area contributed by atoms with E-state index in [-0.39, 0.29) is 12.7 Å². The number of methoxy groups -OCH3 is 1. The SMILES string of the molecule is CCCSc1nnc([N+]2([O-])CN(C)C(COC)C2O)s1. The highest BCUT2D eigenvalue weighted by atomic mass is 32.2. The summed E-state index contributed by atoms with van der Waals surface area (Å²) in [7, 11) is 3.36. The van der Waals surface area contributed by atoms with Gasteiger partial charge >= 0.3 is 5.13 Å². The fourth-order valence-electron chi connectivity index (χ4n) is 2.19. The predicted molar refractivity (Wildman–Crippen MR) is 80.4 cm³/mol. The standard InChI is InChI=1S/C11H20N4O3S2/c1-4-5-19-11-13-12-10(20-11)15(17)7-14(2)8(6-18-3)9(15)16/h8-9,16H,4-7H2,1-3H3. The molecule has 7 nitrogen and oxygen atoms in total. The van der Waals surface area contributed by atoms with Gasteiger partial charge in [-0.05, 0) is 24.8 Å². The topological polar surface area (TPSA) is 81.5 Å². The quantitative estimate of drug-likeness (QED) is 0.477. The molecule has 114 valence electrons. The zero-order chi connectivity index (χ0) is 14.8. The Morgan fingerprint density at radius 3 is 3.00 bits per heavy atom. The second-order valence-electron chi connectivity index (χ2n) is 4.83. The van der Waals surface area contributed by atoms with Gasteiger partial charge in [-0.2, -0.15) is 0 Å². The highest BCUT2D eigenvalue weighted by Gasteiger charge is 2.48. The molecule has 9 heteroatoms. The molecule has 1 fully saturated rings. The molecular formula is C11H20N4O3S2. The van der Waals surface area contributed by atoms with Crippen molar-refractivity contribution in [3.8, 4) is 0 Å². The van der Waals surface area contributed by atoms with E-state index in [1.807, 2.05) is 0 Å². The van der Waals surface area contributed by atoms with Crippen molar-refractivity contribution >= 4 is 28.2 Å². The van der Waals surface area contributed by atoms with Crippen molar-refractivity contribution in [2.45, 2.75) is 30.0 Å².